The van der Waals surface area contributed by atoms with Gasteiger partial charge in [-0.2, -0.15) is 0 Å². The number of amides is 1. The Kier molecular flexibility index (Phi) is 8.42. The normalized spacial score (nSPS) is 17.5. The molecule has 6 heteroatoms. The number of unbranched alkanes of at least 4 members (excludes halogenated alkanes) is 1. The first kappa shape index (κ1) is 20.7. The van der Waals surface area contributed by atoms with E-state index in [2.05, 4.69) is 17.9 Å². The van der Waals surface area contributed by atoms with Crippen molar-refractivity contribution in [2.24, 2.45) is 11.7 Å². The first-order valence-corrected chi connectivity index (χ1v) is 9.65. The van der Waals surface area contributed by atoms with Crippen LogP contribution >= 0.6 is 11.6 Å². The fraction of sp³-hybridized carbons (Fsp3) is 0.550. The fourth-order valence-electron chi connectivity index (χ4n) is 3.09. The molecular formula is C20H29ClN2O3. The number of carbonyl (C=O) groups excluding carboxylic acids is 1. The summed E-state index contributed by atoms with van der Waals surface area (Å²) in [4.78, 5) is 13.3. The van der Waals surface area contributed by atoms with Crippen LogP contribution in [0.4, 0.5) is 0 Å². The zero-order valence-corrected chi connectivity index (χ0v) is 16.1. The lowest BCUT2D eigenvalue weighted by molar-refractivity contribution is -0.123. The molecule has 0 spiro atoms. The number of benzene rings is 1. The van der Waals surface area contributed by atoms with E-state index in [0.29, 0.717) is 17.3 Å². The zero-order chi connectivity index (χ0) is 18.9. The number of nitrogens with zero attached hydrogens (tertiary/aromatic N) is 1. The molecule has 3 N–H and O–H groups in total. The van der Waals surface area contributed by atoms with Crippen molar-refractivity contribution >= 4 is 23.6 Å². The number of likely N-dealkylation sites (tertiary alicyclic amines) is 1. The molecule has 1 heterocycles. The number of primary amides is 1. The second-order valence-corrected chi connectivity index (χ2v) is 7.29. The number of aliphatic hydroxyl groups is 1. The lowest BCUT2D eigenvalue weighted by Gasteiger charge is -2.31. The summed E-state index contributed by atoms with van der Waals surface area (Å²) in [6.07, 6.45) is 7.17. The van der Waals surface area contributed by atoms with Gasteiger partial charge in [-0.25, -0.2) is 0 Å². The molecule has 0 aliphatic carbocycles. The lowest BCUT2D eigenvalue weighted by Crippen LogP contribution is -2.43. The van der Waals surface area contributed by atoms with Gasteiger partial charge in [0, 0.05) is 17.5 Å². The average molecular weight is 381 g/mol. The molecule has 5 nitrogen and oxygen atoms in total. The van der Waals surface area contributed by atoms with Crippen LogP contribution in [0.25, 0.3) is 6.08 Å². The van der Waals surface area contributed by atoms with Gasteiger partial charge in [-0.15, -0.1) is 0 Å². The molecule has 1 aromatic carbocycles. The molecule has 1 atom stereocenters. The topological polar surface area (TPSA) is 75.8 Å². The summed E-state index contributed by atoms with van der Waals surface area (Å²) in [5, 5.41) is 10.9. The molecule has 26 heavy (non-hydrogen) atoms. The Morgan fingerprint density at radius 1 is 1.42 bits per heavy atom. The van der Waals surface area contributed by atoms with Crippen LogP contribution in [0.5, 0.6) is 5.75 Å². The maximum atomic E-state index is 11.2. The number of carbonyl (C=O) groups is 1. The Morgan fingerprint density at radius 3 is 2.81 bits per heavy atom. The monoisotopic (exact) mass is 380 g/mol. The van der Waals surface area contributed by atoms with Crippen LogP contribution in [0.15, 0.2) is 24.3 Å². The van der Waals surface area contributed by atoms with Crippen molar-refractivity contribution in [1.82, 2.24) is 4.90 Å². The highest BCUT2D eigenvalue weighted by Crippen LogP contribution is 2.23. The second-order valence-electron chi connectivity index (χ2n) is 6.85. The molecule has 1 aliphatic heterocycles. The molecule has 0 saturated carbocycles. The van der Waals surface area contributed by atoms with Crippen molar-refractivity contribution in [2.75, 3.05) is 26.2 Å². The summed E-state index contributed by atoms with van der Waals surface area (Å²) < 4.78 is 5.73. The standard InChI is InChI=1S/C20H29ClN2O3/c1-2-3-4-5-15-10-17(21)12-19(11-15)26-14-18(24)13-23-8-6-16(7-9-23)20(22)25/h4-5,10-12,16,18,24H,2-3,6-9,13-14H2,1H3,(H2,22,25)/b5-4+. The van der Waals surface area contributed by atoms with Crippen molar-refractivity contribution in [3.8, 4) is 5.75 Å². The third kappa shape index (κ3) is 6.98. The van der Waals surface area contributed by atoms with E-state index >= 15 is 0 Å². The number of β-amino-alcohol motifs (C(OH)–C–C–N with tert-alkyl or cyclic N) is 1. The molecular weight excluding hydrogens is 352 g/mol. The van der Waals surface area contributed by atoms with Gasteiger partial charge in [0.2, 0.25) is 5.91 Å². The first-order chi connectivity index (χ1) is 12.5. The number of hydrogen-bond donors (Lipinski definition) is 2. The van der Waals surface area contributed by atoms with Crippen LogP contribution in [0, 0.1) is 5.92 Å². The van der Waals surface area contributed by atoms with E-state index in [0.717, 1.165) is 44.3 Å². The molecule has 1 fully saturated rings. The van der Waals surface area contributed by atoms with Crippen LogP contribution in [-0.2, 0) is 4.79 Å². The molecule has 0 aromatic heterocycles. The summed E-state index contributed by atoms with van der Waals surface area (Å²) >= 11 is 6.15. The van der Waals surface area contributed by atoms with Crippen LogP contribution in [0.1, 0.15) is 38.2 Å². The minimum Gasteiger partial charge on any atom is -0.491 e. The van der Waals surface area contributed by atoms with Gasteiger partial charge >= 0.3 is 0 Å². The number of piperidine rings is 1. The molecule has 0 bridgehead atoms. The maximum absolute atomic E-state index is 11.2. The SMILES string of the molecule is CCC/C=C/c1cc(Cl)cc(OCC(O)CN2CCC(C(N)=O)CC2)c1. The smallest absolute Gasteiger partial charge is 0.220 e. The van der Waals surface area contributed by atoms with E-state index in [1.807, 2.05) is 18.2 Å². The van der Waals surface area contributed by atoms with E-state index < -0.39 is 6.10 Å². The third-order valence-electron chi connectivity index (χ3n) is 4.56. The Balaban J connectivity index is 1.80. The van der Waals surface area contributed by atoms with Crippen LogP contribution in [0.3, 0.4) is 0 Å². The van der Waals surface area contributed by atoms with Gasteiger partial charge in [0.25, 0.3) is 0 Å². The minimum absolute atomic E-state index is 0.0368. The molecule has 1 aliphatic rings. The van der Waals surface area contributed by atoms with E-state index in [1.165, 1.54) is 0 Å². The molecule has 1 amide bonds. The molecule has 1 saturated heterocycles. The van der Waals surface area contributed by atoms with Gasteiger partial charge in [0.15, 0.2) is 0 Å². The van der Waals surface area contributed by atoms with Gasteiger partial charge in [-0.3, -0.25) is 4.79 Å². The van der Waals surface area contributed by atoms with Gasteiger partial charge in [-0.1, -0.05) is 37.1 Å². The summed E-state index contributed by atoms with van der Waals surface area (Å²) in [7, 11) is 0. The summed E-state index contributed by atoms with van der Waals surface area (Å²) in [5.41, 5.74) is 6.34. The number of aliphatic hydroxyl groups excluding tert-OH is 1. The highest BCUT2D eigenvalue weighted by molar-refractivity contribution is 6.30. The molecule has 1 unspecified atom stereocenters. The van der Waals surface area contributed by atoms with Crippen molar-refractivity contribution < 1.29 is 14.6 Å². The molecule has 144 valence electrons. The number of nitrogens with two attached hydrogens (primary N) is 1. The quantitative estimate of drug-likeness (QED) is 0.690. The van der Waals surface area contributed by atoms with Crippen molar-refractivity contribution in [2.45, 2.75) is 38.7 Å². The number of hydrogen-bond acceptors (Lipinski definition) is 4. The molecule has 2 rings (SSSR count). The summed E-state index contributed by atoms with van der Waals surface area (Å²) in [6.45, 7) is 4.40. The lowest BCUT2D eigenvalue weighted by atomic mass is 9.96. The van der Waals surface area contributed by atoms with Gasteiger partial charge < -0.3 is 20.5 Å². The van der Waals surface area contributed by atoms with Gasteiger partial charge in [-0.05, 0) is 56.1 Å². The fourth-order valence-corrected chi connectivity index (χ4v) is 3.33. The highest BCUT2D eigenvalue weighted by Gasteiger charge is 2.24. The first-order valence-electron chi connectivity index (χ1n) is 9.27. The second kappa shape index (κ2) is 10.6. The van der Waals surface area contributed by atoms with Crippen molar-refractivity contribution in [3.05, 3.63) is 34.9 Å². The molecule has 1 aromatic rings. The summed E-state index contributed by atoms with van der Waals surface area (Å²) in [6, 6.07) is 5.56. The van der Waals surface area contributed by atoms with Gasteiger partial charge in [0.1, 0.15) is 18.5 Å². The Morgan fingerprint density at radius 2 is 2.15 bits per heavy atom. The number of ether oxygens (including phenoxy) is 1. The van der Waals surface area contributed by atoms with Crippen molar-refractivity contribution in [3.63, 3.8) is 0 Å². The summed E-state index contributed by atoms with van der Waals surface area (Å²) in [5.74, 6) is 0.392. The van der Waals surface area contributed by atoms with Gasteiger partial charge in [0.05, 0.1) is 0 Å². The Hall–Kier alpha value is -1.56. The number of allylic oxidation sites excluding steroid dienone is 1. The highest BCUT2D eigenvalue weighted by atomic mass is 35.5. The van der Waals surface area contributed by atoms with E-state index in [9.17, 15) is 9.90 Å². The van der Waals surface area contributed by atoms with Crippen LogP contribution in [0.2, 0.25) is 5.02 Å². The number of rotatable bonds is 9. The zero-order valence-electron chi connectivity index (χ0n) is 15.4. The maximum Gasteiger partial charge on any atom is 0.220 e. The third-order valence-corrected chi connectivity index (χ3v) is 4.78. The molecule has 0 radical (unpaired) electrons. The predicted molar refractivity (Wildman–Crippen MR) is 105 cm³/mol. The average Bonchev–Trinajstić information content (AvgIpc) is 2.60. The van der Waals surface area contributed by atoms with E-state index in [1.54, 1.807) is 6.07 Å². The van der Waals surface area contributed by atoms with E-state index in [-0.39, 0.29) is 18.4 Å². The Labute approximate surface area is 160 Å². The Bertz CT molecular complexity index is 613. The van der Waals surface area contributed by atoms with E-state index in [4.69, 9.17) is 22.1 Å². The number of halogens is 1. The van der Waals surface area contributed by atoms with Crippen molar-refractivity contribution in [1.29, 1.82) is 0 Å². The minimum atomic E-state index is -0.599. The predicted octanol–water partition coefficient (Wildman–Crippen LogP) is 3.09. The van der Waals surface area contributed by atoms with Crippen LogP contribution in [-0.4, -0.2) is 48.3 Å². The van der Waals surface area contributed by atoms with Crippen LogP contribution < -0.4 is 10.5 Å². The largest absolute Gasteiger partial charge is 0.491 e.